The summed E-state index contributed by atoms with van der Waals surface area (Å²) in [6.07, 6.45) is 4.97. The van der Waals surface area contributed by atoms with Gasteiger partial charge in [-0.3, -0.25) is 4.90 Å². The van der Waals surface area contributed by atoms with Crippen molar-refractivity contribution in [2.75, 3.05) is 43.4 Å². The number of rotatable bonds is 5. The van der Waals surface area contributed by atoms with E-state index in [1.807, 2.05) is 11.0 Å². The molecule has 0 radical (unpaired) electrons. The Labute approximate surface area is 298 Å². The van der Waals surface area contributed by atoms with Crippen molar-refractivity contribution in [3.8, 4) is 23.2 Å². The Hall–Kier alpha value is -4.72. The van der Waals surface area contributed by atoms with Gasteiger partial charge in [-0.1, -0.05) is 17.7 Å². The molecule has 2 N–H and O–H groups in total. The number of ether oxygens (including phenoxy) is 1. The Morgan fingerprint density at radius 1 is 1.20 bits per heavy atom. The van der Waals surface area contributed by atoms with Gasteiger partial charge in [0.25, 0.3) is 0 Å². The predicted molar refractivity (Wildman–Crippen MR) is 185 cm³/mol. The van der Waals surface area contributed by atoms with Crippen LogP contribution in [0.1, 0.15) is 37.7 Å². The summed E-state index contributed by atoms with van der Waals surface area (Å²) in [7, 11) is 0. The van der Waals surface area contributed by atoms with Crippen LogP contribution in [0.2, 0.25) is 5.02 Å². The summed E-state index contributed by atoms with van der Waals surface area (Å²) in [4.78, 5) is 32.5. The van der Waals surface area contributed by atoms with Crippen LogP contribution in [0.4, 0.5) is 28.8 Å². The lowest BCUT2D eigenvalue weighted by Crippen LogP contribution is -2.43. The van der Waals surface area contributed by atoms with Crippen molar-refractivity contribution in [2.24, 2.45) is 0 Å². The molecule has 0 bridgehead atoms. The molecule has 51 heavy (non-hydrogen) atoms. The first-order chi connectivity index (χ1) is 24.7. The van der Waals surface area contributed by atoms with Crippen molar-refractivity contribution in [3.05, 3.63) is 53.1 Å². The lowest BCUT2D eigenvalue weighted by molar-refractivity contribution is 0.107. The third-order valence-corrected chi connectivity index (χ3v) is 12.3. The maximum Gasteiger partial charge on any atom is 0.346 e. The van der Waals surface area contributed by atoms with E-state index < -0.39 is 23.3 Å². The zero-order valence-electron chi connectivity index (χ0n) is 27.0. The molecule has 0 saturated carbocycles. The largest absolute Gasteiger partial charge is 0.461 e. The Bertz CT molecular complexity index is 2280. The fraction of sp³-hybridized carbons (Fsp3) is 0.412. The van der Waals surface area contributed by atoms with Gasteiger partial charge in [0.1, 0.15) is 53.7 Å². The molecular weight excluding hydrogens is 705 g/mol. The smallest absolute Gasteiger partial charge is 0.346 e. The average molecular weight is 735 g/mol. The van der Waals surface area contributed by atoms with Crippen LogP contribution in [0.15, 0.2) is 30.9 Å². The van der Waals surface area contributed by atoms with E-state index in [1.54, 1.807) is 11.0 Å². The molecule has 4 atom stereocenters. The highest BCUT2D eigenvalue weighted by molar-refractivity contribution is 7.23. The normalized spacial score (nSPS) is 24.5. The molecule has 0 spiro atoms. The number of carbonyl (C=O) groups excluding carboxylic acids is 1. The van der Waals surface area contributed by atoms with E-state index in [0.717, 1.165) is 30.7 Å². The first-order valence-electron chi connectivity index (χ1n) is 16.7. The fourth-order valence-electron chi connectivity index (χ4n) is 8.77. The fourth-order valence-corrected chi connectivity index (χ4v) is 10.0. The topological polar surface area (TPSA) is 142 Å². The summed E-state index contributed by atoms with van der Waals surface area (Å²) < 4.78 is 54.3. The molecule has 2 aromatic carbocycles. The number of amides is 1. The highest BCUT2D eigenvalue weighted by Crippen LogP contribution is 2.47. The quantitative estimate of drug-likeness (QED) is 0.237. The molecular formula is C34H30ClF3N10O2S. The number of fused-ring (bicyclic) bond motifs is 4. The van der Waals surface area contributed by atoms with E-state index in [-0.39, 0.29) is 73.0 Å². The van der Waals surface area contributed by atoms with Crippen LogP contribution < -0.4 is 15.4 Å². The summed E-state index contributed by atoms with van der Waals surface area (Å²) in [5, 5.41) is 14.5. The van der Waals surface area contributed by atoms with Gasteiger partial charge >= 0.3 is 12.0 Å². The summed E-state index contributed by atoms with van der Waals surface area (Å²) in [6, 6.07) is 5.50. The average Bonchev–Trinajstić information content (AvgIpc) is 3.95. The molecule has 0 aliphatic carbocycles. The number of carbonyl (C=O) groups is 1. The van der Waals surface area contributed by atoms with E-state index >= 15 is 4.39 Å². The van der Waals surface area contributed by atoms with Crippen molar-refractivity contribution >= 4 is 60.8 Å². The molecule has 7 heterocycles. The lowest BCUT2D eigenvalue weighted by Gasteiger charge is -2.31. The summed E-state index contributed by atoms with van der Waals surface area (Å²) in [6.45, 7) is 2.22. The minimum atomic E-state index is -0.965. The number of hydrogen-bond acceptors (Lipinski definition) is 11. The SMILES string of the molecule is N#Cc1c(N)sc2c(F)ccc(-c3c(Cl)cc4c(N5CCC6C5CCN6C(=O)n5cncn5)nc(OC[C@@]56CCCN5C[C@H](F)C6)nc4c3F)c12. The van der Waals surface area contributed by atoms with Crippen LogP contribution in [0, 0.1) is 23.0 Å². The molecule has 17 heteroatoms. The molecule has 3 aromatic heterocycles. The summed E-state index contributed by atoms with van der Waals surface area (Å²) in [5.41, 5.74) is 5.66. The van der Waals surface area contributed by atoms with Crippen molar-refractivity contribution < 1.29 is 22.7 Å². The minimum absolute atomic E-state index is 0.00525. The maximum absolute atomic E-state index is 17.2. The van der Waals surface area contributed by atoms with Crippen LogP contribution in [0.5, 0.6) is 6.01 Å². The second kappa shape index (κ2) is 11.9. The van der Waals surface area contributed by atoms with Gasteiger partial charge in [0, 0.05) is 42.4 Å². The first-order valence-corrected chi connectivity index (χ1v) is 17.9. The number of halogens is 4. The van der Waals surface area contributed by atoms with E-state index in [4.69, 9.17) is 27.1 Å². The van der Waals surface area contributed by atoms with Crippen LogP contribution in [0.25, 0.3) is 32.1 Å². The lowest BCUT2D eigenvalue weighted by atomic mass is 9.95. The van der Waals surface area contributed by atoms with Crippen molar-refractivity contribution in [1.29, 1.82) is 5.26 Å². The Morgan fingerprint density at radius 3 is 2.84 bits per heavy atom. The van der Waals surface area contributed by atoms with E-state index in [1.165, 1.54) is 29.5 Å². The molecule has 4 aliphatic heterocycles. The van der Waals surface area contributed by atoms with E-state index in [9.17, 15) is 18.8 Å². The van der Waals surface area contributed by atoms with E-state index in [0.29, 0.717) is 50.1 Å². The Morgan fingerprint density at radius 2 is 2.04 bits per heavy atom. The molecule has 4 saturated heterocycles. The number of benzene rings is 2. The monoisotopic (exact) mass is 734 g/mol. The second-order valence-electron chi connectivity index (χ2n) is 13.6. The number of hydrogen-bond donors (Lipinski definition) is 1. The number of nitriles is 1. The second-order valence-corrected chi connectivity index (χ2v) is 15.1. The number of nitrogens with zero attached hydrogens (tertiary/aromatic N) is 9. The zero-order valence-corrected chi connectivity index (χ0v) is 28.6. The van der Waals surface area contributed by atoms with Gasteiger partial charge in [-0.2, -0.15) is 25.0 Å². The number of nitrogens with two attached hydrogens (primary N) is 1. The van der Waals surface area contributed by atoms with Gasteiger partial charge in [-0.05, 0) is 49.9 Å². The van der Waals surface area contributed by atoms with Crippen molar-refractivity contribution in [2.45, 2.75) is 55.9 Å². The molecule has 1 amide bonds. The number of likely N-dealkylation sites (tertiary alicyclic amines) is 1. The highest BCUT2D eigenvalue weighted by Gasteiger charge is 2.50. The van der Waals surface area contributed by atoms with Crippen LogP contribution in [0.3, 0.4) is 0 Å². The van der Waals surface area contributed by atoms with Crippen LogP contribution in [-0.2, 0) is 0 Å². The number of anilines is 2. The van der Waals surface area contributed by atoms with Gasteiger partial charge in [-0.25, -0.2) is 22.9 Å². The molecule has 262 valence electrons. The highest BCUT2D eigenvalue weighted by atomic mass is 35.5. The number of thiophene rings is 1. The summed E-state index contributed by atoms with van der Waals surface area (Å²) in [5.74, 6) is -1.01. The van der Waals surface area contributed by atoms with Crippen LogP contribution >= 0.6 is 22.9 Å². The molecule has 4 fully saturated rings. The third kappa shape index (κ3) is 4.92. The van der Waals surface area contributed by atoms with Crippen molar-refractivity contribution in [1.82, 2.24) is 34.5 Å². The number of aromatic nitrogens is 5. The number of nitrogen functional groups attached to an aromatic ring is 1. The molecule has 9 rings (SSSR count). The van der Waals surface area contributed by atoms with Gasteiger partial charge < -0.3 is 20.3 Å². The molecule has 4 aliphatic rings. The summed E-state index contributed by atoms with van der Waals surface area (Å²) >= 11 is 7.81. The Kier molecular flexibility index (Phi) is 7.53. The Balaban J connectivity index is 1.17. The maximum atomic E-state index is 17.2. The van der Waals surface area contributed by atoms with E-state index in [2.05, 4.69) is 20.0 Å². The van der Waals surface area contributed by atoms with Gasteiger partial charge in [0.15, 0.2) is 5.82 Å². The van der Waals surface area contributed by atoms with Gasteiger partial charge in [0.2, 0.25) is 0 Å². The zero-order chi connectivity index (χ0) is 35.2. The van der Waals surface area contributed by atoms with Crippen molar-refractivity contribution in [3.63, 3.8) is 0 Å². The predicted octanol–water partition coefficient (Wildman–Crippen LogP) is 5.76. The van der Waals surface area contributed by atoms with Gasteiger partial charge in [-0.15, -0.1) is 11.3 Å². The molecule has 5 aromatic rings. The number of alkyl halides is 1. The third-order valence-electron chi connectivity index (χ3n) is 11.0. The molecule has 2 unspecified atom stereocenters. The minimum Gasteiger partial charge on any atom is -0.461 e. The first kappa shape index (κ1) is 32.2. The van der Waals surface area contributed by atoms with Crippen LogP contribution in [-0.4, -0.2) is 97.1 Å². The standard InChI is InChI=1S/C34H30ClF3N10O2S/c35-21-10-19-28(27(38)26(21)18-2-3-22(37)29-25(18)20(12-39)30(40)51-29)43-32(50-14-34-6-1-7-45(34)13-17(36)11-34)44-31(19)46-8-4-24-23(46)5-9-47(24)33(49)48-16-41-15-42-48/h2-3,10,15-17,23-24H,1,4-9,11,13-14,40H2/t17-,23?,24?,34+/m1/s1. The molecule has 12 nitrogen and oxygen atoms in total. The van der Waals surface area contributed by atoms with Gasteiger partial charge in [0.05, 0.1) is 32.9 Å².